The summed E-state index contributed by atoms with van der Waals surface area (Å²) in [7, 11) is -3.97. The van der Waals surface area contributed by atoms with Crippen molar-refractivity contribution >= 4 is 33.2 Å². The van der Waals surface area contributed by atoms with Gasteiger partial charge in [0.1, 0.15) is 6.54 Å². The number of rotatable bonds is 9. The first-order chi connectivity index (χ1) is 16.9. The number of nitrogens with one attached hydrogen (secondary N) is 1. The summed E-state index contributed by atoms with van der Waals surface area (Å²) >= 11 is 5.92. The van der Waals surface area contributed by atoms with Gasteiger partial charge in [-0.05, 0) is 47.5 Å². The van der Waals surface area contributed by atoms with Crippen LogP contribution in [0.4, 0.5) is 5.69 Å². The molecular weight excluding hydrogens is 486 g/mol. The van der Waals surface area contributed by atoms with Gasteiger partial charge in [-0.1, -0.05) is 54.1 Å². The molecule has 184 valence electrons. The first-order valence-electron chi connectivity index (χ1n) is 11.4. The van der Waals surface area contributed by atoms with Gasteiger partial charge in [0, 0.05) is 31.2 Å². The Morgan fingerprint density at radius 3 is 2.20 bits per heavy atom. The molecule has 9 heteroatoms. The number of para-hydroxylation sites is 1. The van der Waals surface area contributed by atoms with Crippen molar-refractivity contribution in [3.05, 3.63) is 95.0 Å². The van der Waals surface area contributed by atoms with Crippen LogP contribution in [0, 0.1) is 0 Å². The van der Waals surface area contributed by atoms with E-state index in [1.54, 1.807) is 30.3 Å². The Morgan fingerprint density at radius 2 is 1.54 bits per heavy atom. The highest BCUT2D eigenvalue weighted by Crippen LogP contribution is 2.24. The van der Waals surface area contributed by atoms with Crippen molar-refractivity contribution in [2.75, 3.05) is 37.2 Å². The maximum Gasteiger partial charge on any atom is 0.264 e. The molecule has 1 aliphatic rings. The molecule has 0 bridgehead atoms. The van der Waals surface area contributed by atoms with Crippen LogP contribution in [0.3, 0.4) is 0 Å². The minimum atomic E-state index is -3.97. The Labute approximate surface area is 211 Å². The number of anilines is 1. The van der Waals surface area contributed by atoms with Crippen molar-refractivity contribution in [1.82, 2.24) is 10.2 Å². The molecule has 1 amide bonds. The fraction of sp³-hybridized carbons (Fsp3) is 0.269. The van der Waals surface area contributed by atoms with E-state index in [0.717, 1.165) is 42.7 Å². The van der Waals surface area contributed by atoms with Gasteiger partial charge in [-0.25, -0.2) is 8.42 Å². The molecular formula is C26H28ClN3O4S. The van der Waals surface area contributed by atoms with E-state index in [1.807, 2.05) is 12.1 Å². The normalized spacial score (nSPS) is 14.4. The topological polar surface area (TPSA) is 79.0 Å². The standard InChI is InChI=1S/C26H28ClN3O4S/c27-23-10-12-25(13-11-23)35(32,33)30(24-4-2-1-3-5-24)20-26(31)28-18-21-6-8-22(9-7-21)19-29-14-16-34-17-15-29/h1-13H,14-20H2,(H,28,31). The van der Waals surface area contributed by atoms with E-state index in [0.29, 0.717) is 17.3 Å². The monoisotopic (exact) mass is 513 g/mol. The summed E-state index contributed by atoms with van der Waals surface area (Å²) in [5.74, 6) is -0.399. The summed E-state index contributed by atoms with van der Waals surface area (Å²) < 4.78 is 33.2. The Balaban J connectivity index is 1.40. The van der Waals surface area contributed by atoms with Crippen molar-refractivity contribution in [2.45, 2.75) is 18.0 Å². The zero-order valence-electron chi connectivity index (χ0n) is 19.3. The summed E-state index contributed by atoms with van der Waals surface area (Å²) in [5, 5.41) is 3.27. The predicted octanol–water partition coefficient (Wildman–Crippen LogP) is 3.68. The van der Waals surface area contributed by atoms with Crippen LogP contribution in [0.25, 0.3) is 0 Å². The second-order valence-electron chi connectivity index (χ2n) is 8.28. The van der Waals surface area contributed by atoms with Gasteiger partial charge in [-0.2, -0.15) is 0 Å². The van der Waals surface area contributed by atoms with Gasteiger partial charge in [-0.3, -0.25) is 14.0 Å². The van der Waals surface area contributed by atoms with Gasteiger partial charge in [0.2, 0.25) is 5.91 Å². The van der Waals surface area contributed by atoms with Gasteiger partial charge >= 0.3 is 0 Å². The number of sulfonamides is 1. The molecule has 0 aliphatic carbocycles. The minimum Gasteiger partial charge on any atom is -0.379 e. The summed E-state index contributed by atoms with van der Waals surface area (Å²) in [5.41, 5.74) is 2.55. The number of nitrogens with zero attached hydrogens (tertiary/aromatic N) is 2. The molecule has 3 aromatic carbocycles. The molecule has 35 heavy (non-hydrogen) atoms. The molecule has 4 rings (SSSR count). The van der Waals surface area contributed by atoms with Crippen LogP contribution in [0.15, 0.2) is 83.8 Å². The SMILES string of the molecule is O=C(CN(c1ccccc1)S(=O)(=O)c1ccc(Cl)cc1)NCc1ccc(CN2CCOCC2)cc1. The lowest BCUT2D eigenvalue weighted by Crippen LogP contribution is -2.40. The smallest absolute Gasteiger partial charge is 0.264 e. The number of carbonyl (C=O) groups is 1. The first-order valence-corrected chi connectivity index (χ1v) is 13.2. The summed E-state index contributed by atoms with van der Waals surface area (Å²) in [6, 6.07) is 22.5. The van der Waals surface area contributed by atoms with Gasteiger partial charge in [0.15, 0.2) is 0 Å². The molecule has 1 fully saturated rings. The van der Waals surface area contributed by atoms with Gasteiger partial charge in [0.05, 0.1) is 23.8 Å². The summed E-state index contributed by atoms with van der Waals surface area (Å²) in [6.45, 7) is 4.20. The van der Waals surface area contributed by atoms with E-state index in [2.05, 4.69) is 22.3 Å². The Bertz CT molecular complexity index is 1210. The van der Waals surface area contributed by atoms with E-state index < -0.39 is 15.9 Å². The van der Waals surface area contributed by atoms with E-state index in [4.69, 9.17) is 16.3 Å². The second kappa shape index (κ2) is 11.7. The molecule has 1 aliphatic heterocycles. The number of carbonyl (C=O) groups excluding carboxylic acids is 1. The average molecular weight is 514 g/mol. The van der Waals surface area contributed by atoms with Crippen LogP contribution in [0.1, 0.15) is 11.1 Å². The summed E-state index contributed by atoms with van der Waals surface area (Å²) in [4.78, 5) is 15.2. The average Bonchev–Trinajstić information content (AvgIpc) is 2.88. The summed E-state index contributed by atoms with van der Waals surface area (Å²) in [6.07, 6.45) is 0. The maximum atomic E-state index is 13.3. The van der Waals surface area contributed by atoms with E-state index in [-0.39, 0.29) is 11.4 Å². The van der Waals surface area contributed by atoms with E-state index in [1.165, 1.54) is 29.8 Å². The van der Waals surface area contributed by atoms with E-state index in [9.17, 15) is 13.2 Å². The lowest BCUT2D eigenvalue weighted by Gasteiger charge is -2.26. The number of morpholine rings is 1. The fourth-order valence-corrected chi connectivity index (χ4v) is 5.36. The first kappa shape index (κ1) is 25.2. The lowest BCUT2D eigenvalue weighted by molar-refractivity contribution is -0.119. The highest BCUT2D eigenvalue weighted by Gasteiger charge is 2.27. The number of halogens is 1. The third-order valence-corrected chi connectivity index (χ3v) is 7.80. The zero-order valence-corrected chi connectivity index (χ0v) is 20.8. The molecule has 0 saturated carbocycles. The van der Waals surface area contributed by atoms with Crippen LogP contribution in [-0.2, 0) is 32.6 Å². The highest BCUT2D eigenvalue weighted by atomic mass is 35.5. The Morgan fingerprint density at radius 1 is 0.914 bits per heavy atom. The highest BCUT2D eigenvalue weighted by molar-refractivity contribution is 7.92. The number of ether oxygens (including phenoxy) is 1. The Hall–Kier alpha value is -2.91. The quantitative estimate of drug-likeness (QED) is 0.472. The zero-order chi connectivity index (χ0) is 24.7. The van der Waals surface area contributed by atoms with Crippen LogP contribution in [0.5, 0.6) is 0 Å². The van der Waals surface area contributed by atoms with Crippen molar-refractivity contribution in [2.24, 2.45) is 0 Å². The third-order valence-electron chi connectivity index (χ3n) is 5.76. The molecule has 7 nitrogen and oxygen atoms in total. The van der Waals surface area contributed by atoms with E-state index >= 15 is 0 Å². The van der Waals surface area contributed by atoms with Crippen LogP contribution >= 0.6 is 11.6 Å². The molecule has 1 saturated heterocycles. The minimum absolute atomic E-state index is 0.0643. The molecule has 0 radical (unpaired) electrons. The molecule has 0 atom stereocenters. The molecule has 1 heterocycles. The second-order valence-corrected chi connectivity index (χ2v) is 10.6. The fourth-order valence-electron chi connectivity index (χ4n) is 3.81. The maximum absolute atomic E-state index is 13.3. The molecule has 0 aromatic heterocycles. The molecule has 0 unspecified atom stereocenters. The van der Waals surface area contributed by atoms with Crippen LogP contribution in [-0.4, -0.2) is 52.1 Å². The van der Waals surface area contributed by atoms with Crippen molar-refractivity contribution in [1.29, 1.82) is 0 Å². The van der Waals surface area contributed by atoms with Crippen molar-refractivity contribution in [3.8, 4) is 0 Å². The largest absolute Gasteiger partial charge is 0.379 e. The van der Waals surface area contributed by atoms with Crippen molar-refractivity contribution in [3.63, 3.8) is 0 Å². The van der Waals surface area contributed by atoms with Gasteiger partial charge in [-0.15, -0.1) is 0 Å². The number of benzene rings is 3. The number of hydrogen-bond donors (Lipinski definition) is 1. The van der Waals surface area contributed by atoms with Gasteiger partial charge < -0.3 is 10.1 Å². The van der Waals surface area contributed by atoms with Crippen molar-refractivity contribution < 1.29 is 17.9 Å². The predicted molar refractivity (Wildman–Crippen MR) is 137 cm³/mol. The van der Waals surface area contributed by atoms with Crippen LogP contribution < -0.4 is 9.62 Å². The lowest BCUT2D eigenvalue weighted by atomic mass is 10.1. The Kier molecular flexibility index (Phi) is 8.41. The van der Waals surface area contributed by atoms with Crippen LogP contribution in [0.2, 0.25) is 5.02 Å². The van der Waals surface area contributed by atoms with Gasteiger partial charge in [0.25, 0.3) is 10.0 Å². The molecule has 3 aromatic rings. The number of amides is 1. The third kappa shape index (κ3) is 6.82. The molecule has 0 spiro atoms. The molecule has 1 N–H and O–H groups in total. The number of hydrogen-bond acceptors (Lipinski definition) is 5.